The Bertz CT molecular complexity index is 519. The van der Waals surface area contributed by atoms with Gasteiger partial charge in [0.15, 0.2) is 0 Å². The van der Waals surface area contributed by atoms with E-state index < -0.39 is 0 Å². The highest BCUT2D eigenvalue weighted by Gasteiger charge is 2.01. The van der Waals surface area contributed by atoms with Crippen molar-refractivity contribution in [3.05, 3.63) is 48.0 Å². The predicted molar refractivity (Wildman–Crippen MR) is 73.7 cm³/mol. The minimum atomic E-state index is 0.875. The maximum atomic E-state index is 5.14. The minimum absolute atomic E-state index is 0.875. The molecule has 0 bridgehead atoms. The molecule has 2 aromatic rings. The third-order valence-electron chi connectivity index (χ3n) is 2.77. The second-order valence-electron chi connectivity index (χ2n) is 4.06. The molecule has 0 unspecified atom stereocenters. The molecule has 0 saturated heterocycles. The van der Waals surface area contributed by atoms with Crippen LogP contribution in [-0.4, -0.2) is 16.9 Å². The summed E-state index contributed by atoms with van der Waals surface area (Å²) in [5, 5.41) is 2.57. The van der Waals surface area contributed by atoms with Gasteiger partial charge in [0.05, 0.1) is 4.99 Å². The van der Waals surface area contributed by atoms with Crippen molar-refractivity contribution in [1.82, 2.24) is 4.90 Å². The van der Waals surface area contributed by atoms with Crippen LogP contribution in [0.25, 0.3) is 10.8 Å². The van der Waals surface area contributed by atoms with Crippen molar-refractivity contribution in [3.8, 4) is 0 Å². The molecule has 0 aliphatic rings. The standard InChI is InChI=1S/C14H15NS/c1-11(16)15(2)10-12-7-8-13-5-3-4-6-14(13)9-12/h3-9H,10H2,1-2H3. The molecule has 2 heteroatoms. The third-order valence-corrected chi connectivity index (χ3v) is 3.08. The summed E-state index contributed by atoms with van der Waals surface area (Å²) in [6.07, 6.45) is 0. The van der Waals surface area contributed by atoms with Crippen LogP contribution in [0.15, 0.2) is 42.5 Å². The Morgan fingerprint density at radius 1 is 1.12 bits per heavy atom. The van der Waals surface area contributed by atoms with Gasteiger partial charge >= 0.3 is 0 Å². The number of benzene rings is 2. The van der Waals surface area contributed by atoms with E-state index in [-0.39, 0.29) is 0 Å². The van der Waals surface area contributed by atoms with E-state index in [4.69, 9.17) is 12.2 Å². The largest absolute Gasteiger partial charge is 0.365 e. The van der Waals surface area contributed by atoms with E-state index in [1.54, 1.807) is 0 Å². The van der Waals surface area contributed by atoms with E-state index in [2.05, 4.69) is 47.4 Å². The van der Waals surface area contributed by atoms with Gasteiger partial charge in [0.1, 0.15) is 0 Å². The molecule has 0 saturated carbocycles. The summed E-state index contributed by atoms with van der Waals surface area (Å²) < 4.78 is 0. The maximum absolute atomic E-state index is 5.14. The molecule has 0 radical (unpaired) electrons. The summed E-state index contributed by atoms with van der Waals surface area (Å²) in [6, 6.07) is 15.0. The molecule has 16 heavy (non-hydrogen) atoms. The second kappa shape index (κ2) is 4.62. The van der Waals surface area contributed by atoms with Crippen LogP contribution in [0.4, 0.5) is 0 Å². The van der Waals surface area contributed by atoms with Crippen LogP contribution in [0.2, 0.25) is 0 Å². The lowest BCUT2D eigenvalue weighted by Crippen LogP contribution is -2.21. The van der Waals surface area contributed by atoms with Gasteiger partial charge in [-0.15, -0.1) is 0 Å². The van der Waals surface area contributed by atoms with E-state index in [0.717, 1.165) is 11.5 Å². The van der Waals surface area contributed by atoms with Crippen molar-refractivity contribution >= 4 is 28.0 Å². The third kappa shape index (κ3) is 2.39. The zero-order valence-electron chi connectivity index (χ0n) is 9.60. The van der Waals surface area contributed by atoms with Crippen molar-refractivity contribution in [2.24, 2.45) is 0 Å². The fourth-order valence-electron chi connectivity index (χ4n) is 1.72. The van der Waals surface area contributed by atoms with Crippen LogP contribution in [0.3, 0.4) is 0 Å². The molecular weight excluding hydrogens is 214 g/mol. The Labute approximate surface area is 102 Å². The SMILES string of the molecule is CC(=S)N(C)Cc1ccc2ccccc2c1. The van der Waals surface area contributed by atoms with Crippen LogP contribution in [0, 0.1) is 0 Å². The van der Waals surface area contributed by atoms with Crippen LogP contribution < -0.4 is 0 Å². The van der Waals surface area contributed by atoms with E-state index in [1.807, 2.05) is 14.0 Å². The van der Waals surface area contributed by atoms with Crippen molar-refractivity contribution in [2.75, 3.05) is 7.05 Å². The van der Waals surface area contributed by atoms with Gasteiger partial charge in [0.2, 0.25) is 0 Å². The molecule has 1 nitrogen and oxygen atoms in total. The summed E-state index contributed by atoms with van der Waals surface area (Å²) in [6.45, 7) is 2.83. The summed E-state index contributed by atoms with van der Waals surface area (Å²) in [4.78, 5) is 3.01. The number of rotatable bonds is 2. The second-order valence-corrected chi connectivity index (χ2v) is 4.65. The Morgan fingerprint density at radius 3 is 2.50 bits per heavy atom. The Morgan fingerprint density at radius 2 is 1.81 bits per heavy atom. The highest BCUT2D eigenvalue weighted by atomic mass is 32.1. The number of hydrogen-bond donors (Lipinski definition) is 0. The lowest BCUT2D eigenvalue weighted by Gasteiger charge is -2.17. The summed E-state index contributed by atoms with van der Waals surface area (Å²) >= 11 is 5.14. The first kappa shape index (κ1) is 11.1. The van der Waals surface area contributed by atoms with Gasteiger partial charge in [0, 0.05) is 13.6 Å². The van der Waals surface area contributed by atoms with Gasteiger partial charge in [-0.1, -0.05) is 48.6 Å². The van der Waals surface area contributed by atoms with Crippen LogP contribution in [0.1, 0.15) is 12.5 Å². The Balaban J connectivity index is 2.29. The molecular formula is C14H15NS. The van der Waals surface area contributed by atoms with E-state index in [0.29, 0.717) is 0 Å². The molecule has 2 aromatic carbocycles. The maximum Gasteiger partial charge on any atom is 0.0748 e. The molecule has 0 spiro atoms. The quantitative estimate of drug-likeness (QED) is 0.724. The van der Waals surface area contributed by atoms with Gasteiger partial charge in [-0.2, -0.15) is 0 Å². The van der Waals surface area contributed by atoms with Gasteiger partial charge in [-0.05, 0) is 29.3 Å². The zero-order chi connectivity index (χ0) is 11.5. The van der Waals surface area contributed by atoms with Gasteiger partial charge in [0.25, 0.3) is 0 Å². The molecule has 0 N–H and O–H groups in total. The first-order valence-electron chi connectivity index (χ1n) is 5.36. The van der Waals surface area contributed by atoms with E-state index >= 15 is 0 Å². The topological polar surface area (TPSA) is 3.24 Å². The van der Waals surface area contributed by atoms with E-state index in [1.165, 1.54) is 16.3 Å². The summed E-state index contributed by atoms with van der Waals surface area (Å²) in [5.74, 6) is 0. The Hall–Kier alpha value is -1.41. The van der Waals surface area contributed by atoms with Gasteiger partial charge in [-0.25, -0.2) is 0 Å². The normalized spacial score (nSPS) is 10.4. The van der Waals surface area contributed by atoms with Crippen molar-refractivity contribution in [1.29, 1.82) is 0 Å². The molecule has 0 aliphatic carbocycles. The van der Waals surface area contributed by atoms with Crippen molar-refractivity contribution < 1.29 is 0 Å². The summed E-state index contributed by atoms with van der Waals surface area (Å²) in [5.41, 5.74) is 1.30. The fourth-order valence-corrected chi connectivity index (χ4v) is 1.79. The van der Waals surface area contributed by atoms with Crippen LogP contribution >= 0.6 is 12.2 Å². The predicted octanol–water partition coefficient (Wildman–Crippen LogP) is 3.62. The average molecular weight is 229 g/mol. The lowest BCUT2D eigenvalue weighted by molar-refractivity contribution is 0.507. The first-order chi connectivity index (χ1) is 7.66. The highest BCUT2D eigenvalue weighted by Crippen LogP contribution is 2.16. The highest BCUT2D eigenvalue weighted by molar-refractivity contribution is 7.80. The lowest BCUT2D eigenvalue weighted by atomic mass is 10.1. The van der Waals surface area contributed by atoms with Crippen LogP contribution in [0.5, 0.6) is 0 Å². The molecule has 2 rings (SSSR count). The van der Waals surface area contributed by atoms with Crippen molar-refractivity contribution in [2.45, 2.75) is 13.5 Å². The van der Waals surface area contributed by atoms with Crippen molar-refractivity contribution in [3.63, 3.8) is 0 Å². The number of thiocarbonyl (C=S) groups is 1. The molecule has 82 valence electrons. The monoisotopic (exact) mass is 229 g/mol. The number of nitrogens with zero attached hydrogens (tertiary/aromatic N) is 1. The molecule has 0 aliphatic heterocycles. The van der Waals surface area contributed by atoms with Gasteiger partial charge < -0.3 is 4.90 Å². The first-order valence-corrected chi connectivity index (χ1v) is 5.77. The van der Waals surface area contributed by atoms with Gasteiger partial charge in [-0.3, -0.25) is 0 Å². The molecule has 0 aromatic heterocycles. The fraction of sp³-hybridized carbons (Fsp3) is 0.214. The van der Waals surface area contributed by atoms with E-state index in [9.17, 15) is 0 Å². The molecule has 0 atom stereocenters. The summed E-state index contributed by atoms with van der Waals surface area (Å²) in [7, 11) is 2.03. The molecule has 0 heterocycles. The van der Waals surface area contributed by atoms with Crippen LogP contribution in [-0.2, 0) is 6.54 Å². The number of fused-ring (bicyclic) bond motifs is 1. The zero-order valence-corrected chi connectivity index (χ0v) is 10.4. The molecule has 0 fully saturated rings. The Kier molecular flexibility index (Phi) is 3.20. The molecule has 0 amide bonds. The minimum Gasteiger partial charge on any atom is -0.365 e. The average Bonchev–Trinajstić information content (AvgIpc) is 2.28. The smallest absolute Gasteiger partial charge is 0.0748 e. The number of hydrogen-bond acceptors (Lipinski definition) is 1.